The average Bonchev–Trinajstić information content (AvgIpc) is 2.96. The maximum atomic E-state index is 15.0. The number of benzene rings is 3. The van der Waals surface area contributed by atoms with Gasteiger partial charge in [-0.05, 0) is 117 Å². The van der Waals surface area contributed by atoms with E-state index in [1.54, 1.807) is 30.3 Å². The minimum Gasteiger partial charge on any atom is -0.508 e. The molecule has 1 saturated heterocycles. The first-order chi connectivity index (χ1) is 19.7. The predicted octanol–water partition coefficient (Wildman–Crippen LogP) is 7.71. The molecule has 4 nitrogen and oxygen atoms in total. The lowest BCUT2D eigenvalue weighted by molar-refractivity contribution is -0.137. The van der Waals surface area contributed by atoms with Crippen LogP contribution in [0.3, 0.4) is 0 Å². The van der Waals surface area contributed by atoms with Crippen LogP contribution < -0.4 is 9.64 Å². The van der Waals surface area contributed by atoms with Crippen LogP contribution in [0.25, 0.3) is 0 Å². The monoisotopic (exact) mass is 570 g/mol. The highest BCUT2D eigenvalue weighted by Crippen LogP contribution is 2.41. The minimum absolute atomic E-state index is 0.0331. The molecular formula is C33H38F4N2O2. The van der Waals surface area contributed by atoms with Crippen LogP contribution >= 0.6 is 0 Å². The van der Waals surface area contributed by atoms with E-state index in [2.05, 4.69) is 4.90 Å². The zero-order chi connectivity index (χ0) is 29.0. The van der Waals surface area contributed by atoms with Crippen LogP contribution in [0.2, 0.25) is 0 Å². The zero-order valence-electron chi connectivity index (χ0n) is 23.5. The predicted molar refractivity (Wildman–Crippen MR) is 153 cm³/mol. The molecule has 1 N–H and O–H groups in total. The van der Waals surface area contributed by atoms with Gasteiger partial charge >= 0.3 is 6.18 Å². The minimum atomic E-state index is -4.47. The molecule has 1 heterocycles. The highest BCUT2D eigenvalue weighted by molar-refractivity contribution is 5.59. The first-order valence-corrected chi connectivity index (χ1v) is 14.6. The van der Waals surface area contributed by atoms with E-state index in [0.29, 0.717) is 30.8 Å². The summed E-state index contributed by atoms with van der Waals surface area (Å²) in [7, 11) is 0. The van der Waals surface area contributed by atoms with Gasteiger partial charge in [0.05, 0.1) is 5.56 Å². The fourth-order valence-corrected chi connectivity index (χ4v) is 6.16. The molecule has 1 aliphatic carbocycles. The van der Waals surface area contributed by atoms with E-state index in [-0.39, 0.29) is 24.0 Å². The topological polar surface area (TPSA) is 35.9 Å². The molecule has 0 aromatic heterocycles. The number of aryl methyl sites for hydroxylation is 1. The lowest BCUT2D eigenvalue weighted by atomic mass is 9.79. The lowest BCUT2D eigenvalue weighted by Gasteiger charge is -2.32. The molecule has 2 aliphatic rings. The Hall–Kier alpha value is -3.26. The summed E-state index contributed by atoms with van der Waals surface area (Å²) in [6.07, 6.45) is 1.35. The Bertz CT molecular complexity index is 1340. The van der Waals surface area contributed by atoms with Crippen LogP contribution in [0.1, 0.15) is 66.3 Å². The van der Waals surface area contributed by atoms with Crippen LogP contribution in [0.5, 0.6) is 11.5 Å². The van der Waals surface area contributed by atoms with E-state index in [0.717, 1.165) is 55.2 Å². The number of aromatic hydroxyl groups is 1. The van der Waals surface area contributed by atoms with E-state index < -0.39 is 17.6 Å². The standard InChI is InChI=1S/C33H38F4N2O2/c1-2-39(22-23-6-13-32(30(34)18-23)41-17-16-38-14-4-3-5-15-38)31-21-27(33(35,36)37)10-12-29(31)26-8-7-25-20-28(40)11-9-24(25)19-26/h6,9-13,18,20-21,26,40H,2-5,7-8,14-17,19,22H2,1H3. The first-order valence-electron chi connectivity index (χ1n) is 14.6. The van der Waals surface area contributed by atoms with Gasteiger partial charge in [0.2, 0.25) is 0 Å². The number of rotatable bonds is 9. The SMILES string of the molecule is CCN(Cc1ccc(OCCN2CCCCC2)c(F)c1)c1cc(C(F)(F)F)ccc1C1CCc2cc(O)ccc2C1. The van der Waals surface area contributed by atoms with Crippen molar-refractivity contribution >= 4 is 5.69 Å². The molecule has 0 amide bonds. The molecule has 220 valence electrons. The molecule has 8 heteroatoms. The largest absolute Gasteiger partial charge is 0.508 e. The van der Waals surface area contributed by atoms with Gasteiger partial charge in [0.15, 0.2) is 11.6 Å². The Kier molecular flexibility index (Phi) is 9.07. The number of fused-ring (bicyclic) bond motifs is 1. The van der Waals surface area contributed by atoms with Gasteiger partial charge in [-0.25, -0.2) is 4.39 Å². The number of hydrogen-bond donors (Lipinski definition) is 1. The zero-order valence-corrected chi connectivity index (χ0v) is 23.5. The van der Waals surface area contributed by atoms with Gasteiger partial charge in [-0.15, -0.1) is 0 Å². The van der Waals surface area contributed by atoms with Crippen molar-refractivity contribution in [1.82, 2.24) is 4.90 Å². The highest BCUT2D eigenvalue weighted by Gasteiger charge is 2.33. The third kappa shape index (κ3) is 7.15. The Labute approximate surface area is 239 Å². The van der Waals surface area contributed by atoms with E-state index in [1.165, 1.54) is 31.4 Å². The van der Waals surface area contributed by atoms with Crippen molar-refractivity contribution in [3.05, 3.63) is 88.2 Å². The number of piperidine rings is 1. The van der Waals surface area contributed by atoms with Gasteiger partial charge < -0.3 is 14.7 Å². The third-order valence-electron chi connectivity index (χ3n) is 8.42. The Morgan fingerprint density at radius 1 is 0.976 bits per heavy atom. The van der Waals surface area contributed by atoms with Crippen molar-refractivity contribution in [3.8, 4) is 11.5 Å². The van der Waals surface area contributed by atoms with Gasteiger partial charge in [-0.2, -0.15) is 13.2 Å². The molecule has 5 rings (SSSR count). The first kappa shape index (κ1) is 29.2. The molecule has 1 atom stereocenters. The van der Waals surface area contributed by atoms with E-state index >= 15 is 4.39 Å². The summed E-state index contributed by atoms with van der Waals surface area (Å²) in [5.41, 5.74) is 3.54. The summed E-state index contributed by atoms with van der Waals surface area (Å²) in [4.78, 5) is 4.22. The number of likely N-dealkylation sites (tertiary alicyclic amines) is 1. The summed E-state index contributed by atoms with van der Waals surface area (Å²) in [6, 6.07) is 14.2. The second-order valence-corrected chi connectivity index (χ2v) is 11.2. The number of ether oxygens (including phenoxy) is 1. The van der Waals surface area contributed by atoms with Crippen LogP contribution in [-0.4, -0.2) is 42.8 Å². The van der Waals surface area contributed by atoms with E-state index in [1.807, 2.05) is 17.9 Å². The number of hydrogen-bond acceptors (Lipinski definition) is 4. The number of nitrogens with zero attached hydrogens (tertiary/aromatic N) is 2. The molecule has 1 aliphatic heterocycles. The van der Waals surface area contributed by atoms with Gasteiger partial charge in [0.1, 0.15) is 12.4 Å². The van der Waals surface area contributed by atoms with Crippen molar-refractivity contribution in [2.45, 2.75) is 64.1 Å². The average molecular weight is 571 g/mol. The van der Waals surface area contributed by atoms with E-state index in [9.17, 15) is 18.3 Å². The van der Waals surface area contributed by atoms with Crippen molar-refractivity contribution in [3.63, 3.8) is 0 Å². The molecule has 3 aromatic rings. The summed E-state index contributed by atoms with van der Waals surface area (Å²) >= 11 is 0. The molecule has 1 unspecified atom stereocenters. The number of halogens is 4. The molecule has 3 aromatic carbocycles. The molecule has 1 fully saturated rings. The molecule has 0 spiro atoms. The van der Waals surface area contributed by atoms with Gasteiger partial charge in [0, 0.05) is 25.3 Å². The van der Waals surface area contributed by atoms with Crippen molar-refractivity contribution < 1.29 is 27.4 Å². The summed E-state index contributed by atoms with van der Waals surface area (Å²) in [5, 5.41) is 9.85. The van der Waals surface area contributed by atoms with Gasteiger partial charge in [0.25, 0.3) is 0 Å². The van der Waals surface area contributed by atoms with Crippen LogP contribution in [0, 0.1) is 5.82 Å². The second kappa shape index (κ2) is 12.7. The molecule has 0 radical (unpaired) electrons. The quantitative estimate of drug-likeness (QED) is 0.267. The van der Waals surface area contributed by atoms with Crippen LogP contribution in [0.15, 0.2) is 54.6 Å². The normalized spacial score (nSPS) is 17.7. The van der Waals surface area contributed by atoms with Crippen LogP contribution in [0.4, 0.5) is 23.2 Å². The van der Waals surface area contributed by atoms with Crippen molar-refractivity contribution in [2.24, 2.45) is 0 Å². The number of anilines is 1. The maximum absolute atomic E-state index is 15.0. The van der Waals surface area contributed by atoms with Gasteiger partial charge in [-0.1, -0.05) is 24.6 Å². The summed E-state index contributed by atoms with van der Waals surface area (Å²) in [6.45, 7) is 5.90. The number of phenols is 1. The Morgan fingerprint density at radius 2 is 1.78 bits per heavy atom. The number of phenolic OH excluding ortho intramolecular Hbond substituents is 1. The van der Waals surface area contributed by atoms with Crippen LogP contribution in [-0.2, 0) is 25.6 Å². The fraction of sp³-hybridized carbons (Fsp3) is 0.455. The maximum Gasteiger partial charge on any atom is 0.416 e. The fourth-order valence-electron chi connectivity index (χ4n) is 6.16. The highest BCUT2D eigenvalue weighted by atomic mass is 19.4. The molecule has 0 saturated carbocycles. The van der Waals surface area contributed by atoms with Crippen molar-refractivity contribution in [2.75, 3.05) is 37.7 Å². The molecule has 41 heavy (non-hydrogen) atoms. The lowest BCUT2D eigenvalue weighted by Crippen LogP contribution is -2.33. The summed E-state index contributed by atoms with van der Waals surface area (Å²) < 4.78 is 62.1. The van der Waals surface area contributed by atoms with E-state index in [4.69, 9.17) is 4.74 Å². The molecule has 0 bridgehead atoms. The van der Waals surface area contributed by atoms with Gasteiger partial charge in [-0.3, -0.25) is 4.90 Å². The Balaban J connectivity index is 1.35. The number of alkyl halides is 3. The second-order valence-electron chi connectivity index (χ2n) is 11.2. The smallest absolute Gasteiger partial charge is 0.416 e. The Morgan fingerprint density at radius 3 is 2.51 bits per heavy atom. The third-order valence-corrected chi connectivity index (χ3v) is 8.42. The molecular weight excluding hydrogens is 532 g/mol. The van der Waals surface area contributed by atoms with Crippen molar-refractivity contribution in [1.29, 1.82) is 0 Å². The summed E-state index contributed by atoms with van der Waals surface area (Å²) in [5.74, 6) is -0.0138.